The van der Waals surface area contributed by atoms with Crippen LogP contribution in [-0.4, -0.2) is 12.5 Å². The molecular weight excluding hydrogens is 138 g/mol. The normalized spacial score (nSPS) is 28.7. The first-order valence-electron chi connectivity index (χ1n) is 4.39. The molecule has 0 bridgehead atoms. The summed E-state index contributed by atoms with van der Waals surface area (Å²) >= 11 is 0. The highest BCUT2D eigenvalue weighted by molar-refractivity contribution is 5.77. The summed E-state index contributed by atoms with van der Waals surface area (Å²) in [5, 5.41) is 2.94. The molecule has 0 aromatic heterocycles. The van der Waals surface area contributed by atoms with E-state index in [9.17, 15) is 4.79 Å². The summed E-state index contributed by atoms with van der Waals surface area (Å²) in [6.07, 6.45) is 1.29. The maximum absolute atomic E-state index is 11.1. The summed E-state index contributed by atoms with van der Waals surface area (Å²) < 4.78 is 0. The monoisotopic (exact) mass is 155 g/mol. The predicted molar refractivity (Wildman–Crippen MR) is 45.1 cm³/mol. The van der Waals surface area contributed by atoms with Crippen LogP contribution in [0, 0.1) is 17.8 Å². The number of carbonyl (C=O) groups excluding carboxylic acids is 1. The lowest BCUT2D eigenvalue weighted by molar-refractivity contribution is -0.124. The average molecular weight is 155 g/mol. The highest BCUT2D eigenvalue weighted by Crippen LogP contribution is 2.36. The lowest BCUT2D eigenvalue weighted by Gasteiger charge is -2.05. The van der Waals surface area contributed by atoms with Crippen molar-refractivity contribution in [2.24, 2.45) is 17.8 Å². The van der Waals surface area contributed by atoms with Crippen LogP contribution in [0.15, 0.2) is 0 Å². The number of nitrogens with one attached hydrogen (secondary N) is 1. The van der Waals surface area contributed by atoms with Crippen LogP contribution < -0.4 is 5.32 Å². The lowest BCUT2D eigenvalue weighted by Crippen LogP contribution is -2.29. The van der Waals surface area contributed by atoms with Gasteiger partial charge in [-0.2, -0.15) is 0 Å². The number of hydrogen-bond acceptors (Lipinski definition) is 1. The Bertz CT molecular complexity index is 154. The Hall–Kier alpha value is -0.530. The molecule has 0 heterocycles. The molecule has 0 aliphatic heterocycles. The van der Waals surface area contributed by atoms with Crippen LogP contribution >= 0.6 is 0 Å². The zero-order chi connectivity index (χ0) is 8.43. The van der Waals surface area contributed by atoms with E-state index in [4.69, 9.17) is 0 Å². The molecule has 64 valence electrons. The van der Waals surface area contributed by atoms with Crippen LogP contribution in [0.3, 0.4) is 0 Å². The maximum atomic E-state index is 11.1. The lowest BCUT2D eigenvalue weighted by atomic mass is 10.2. The number of carbonyl (C=O) groups is 1. The van der Waals surface area contributed by atoms with Gasteiger partial charge in [-0.3, -0.25) is 4.79 Å². The molecule has 2 unspecified atom stereocenters. The van der Waals surface area contributed by atoms with E-state index in [0.717, 1.165) is 18.4 Å². The third-order valence-electron chi connectivity index (χ3n) is 2.34. The Kier molecular flexibility index (Phi) is 2.53. The predicted octanol–water partition coefficient (Wildman–Crippen LogP) is 1.41. The Morgan fingerprint density at radius 3 is 2.55 bits per heavy atom. The fourth-order valence-corrected chi connectivity index (χ4v) is 1.12. The van der Waals surface area contributed by atoms with Crippen molar-refractivity contribution in [1.29, 1.82) is 0 Å². The van der Waals surface area contributed by atoms with Crippen molar-refractivity contribution in [1.82, 2.24) is 5.32 Å². The zero-order valence-electron chi connectivity index (χ0n) is 7.55. The van der Waals surface area contributed by atoms with E-state index in [-0.39, 0.29) is 11.8 Å². The molecule has 2 heteroatoms. The third-order valence-corrected chi connectivity index (χ3v) is 2.34. The van der Waals surface area contributed by atoms with Crippen LogP contribution in [0.1, 0.15) is 27.2 Å². The van der Waals surface area contributed by atoms with Crippen molar-refractivity contribution in [3.05, 3.63) is 0 Å². The van der Waals surface area contributed by atoms with Gasteiger partial charge in [-0.15, -0.1) is 0 Å². The van der Waals surface area contributed by atoms with Gasteiger partial charge in [0.25, 0.3) is 0 Å². The van der Waals surface area contributed by atoms with Crippen LogP contribution in [0.2, 0.25) is 0 Å². The van der Waals surface area contributed by atoms with E-state index in [1.54, 1.807) is 0 Å². The molecule has 1 amide bonds. The average Bonchev–Trinajstić information content (AvgIpc) is 2.61. The van der Waals surface area contributed by atoms with E-state index < -0.39 is 0 Å². The van der Waals surface area contributed by atoms with Crippen molar-refractivity contribution in [3.8, 4) is 0 Å². The second kappa shape index (κ2) is 3.24. The fourth-order valence-electron chi connectivity index (χ4n) is 1.12. The first-order chi connectivity index (χ1) is 5.11. The molecule has 0 aromatic carbocycles. The van der Waals surface area contributed by atoms with Crippen molar-refractivity contribution in [2.75, 3.05) is 6.54 Å². The molecule has 1 rings (SSSR count). The van der Waals surface area contributed by atoms with Crippen molar-refractivity contribution >= 4 is 5.91 Å². The van der Waals surface area contributed by atoms with E-state index in [1.165, 1.54) is 6.42 Å². The summed E-state index contributed by atoms with van der Waals surface area (Å²) in [7, 11) is 0. The van der Waals surface area contributed by atoms with Gasteiger partial charge in [0.2, 0.25) is 5.91 Å². The van der Waals surface area contributed by atoms with Crippen LogP contribution in [0.5, 0.6) is 0 Å². The van der Waals surface area contributed by atoms with Crippen LogP contribution in [-0.2, 0) is 4.79 Å². The first-order valence-corrected chi connectivity index (χ1v) is 4.39. The minimum Gasteiger partial charge on any atom is -0.356 e. The van der Waals surface area contributed by atoms with Gasteiger partial charge in [-0.05, 0) is 18.3 Å². The highest BCUT2D eigenvalue weighted by atomic mass is 16.1. The molecule has 0 saturated heterocycles. The summed E-state index contributed by atoms with van der Waals surface area (Å²) in [6, 6.07) is 0. The van der Waals surface area contributed by atoms with Gasteiger partial charge in [0, 0.05) is 12.5 Å². The molecule has 0 spiro atoms. The molecule has 1 aliphatic rings. The molecule has 0 radical (unpaired) electrons. The number of amides is 1. The van der Waals surface area contributed by atoms with Crippen LogP contribution in [0.25, 0.3) is 0 Å². The molecule has 2 nitrogen and oxygen atoms in total. The molecule has 11 heavy (non-hydrogen) atoms. The second-order valence-electron chi connectivity index (χ2n) is 3.87. The molecule has 1 fully saturated rings. The maximum Gasteiger partial charge on any atom is 0.222 e. The Balaban J connectivity index is 2.07. The van der Waals surface area contributed by atoms with E-state index in [1.807, 2.05) is 13.8 Å². The van der Waals surface area contributed by atoms with Gasteiger partial charge < -0.3 is 5.32 Å². The Morgan fingerprint density at radius 1 is 1.64 bits per heavy atom. The van der Waals surface area contributed by atoms with Crippen molar-refractivity contribution in [2.45, 2.75) is 27.2 Å². The first kappa shape index (κ1) is 8.57. The van der Waals surface area contributed by atoms with E-state index in [0.29, 0.717) is 0 Å². The standard InChI is InChI=1S/C9H17NO/c1-6(2)9(11)10-5-8-4-7(8)3/h6-8H,4-5H2,1-3H3,(H,10,11). The molecule has 1 aliphatic carbocycles. The molecule has 1 saturated carbocycles. The fraction of sp³-hybridized carbons (Fsp3) is 0.889. The Labute approximate surface area is 68.4 Å². The van der Waals surface area contributed by atoms with Gasteiger partial charge in [0.1, 0.15) is 0 Å². The van der Waals surface area contributed by atoms with Crippen LogP contribution in [0.4, 0.5) is 0 Å². The number of hydrogen-bond donors (Lipinski definition) is 1. The van der Waals surface area contributed by atoms with Gasteiger partial charge in [0.15, 0.2) is 0 Å². The summed E-state index contributed by atoms with van der Waals surface area (Å²) in [5.41, 5.74) is 0. The third kappa shape index (κ3) is 2.52. The minimum atomic E-state index is 0.129. The SMILES string of the molecule is CC(C)C(=O)NCC1CC1C. The van der Waals surface area contributed by atoms with Gasteiger partial charge >= 0.3 is 0 Å². The second-order valence-corrected chi connectivity index (χ2v) is 3.87. The summed E-state index contributed by atoms with van der Waals surface area (Å²) in [6.45, 7) is 6.96. The van der Waals surface area contributed by atoms with Gasteiger partial charge in [0.05, 0.1) is 0 Å². The summed E-state index contributed by atoms with van der Waals surface area (Å²) in [4.78, 5) is 11.1. The topological polar surface area (TPSA) is 29.1 Å². The van der Waals surface area contributed by atoms with E-state index >= 15 is 0 Å². The number of rotatable bonds is 3. The summed E-state index contributed by atoms with van der Waals surface area (Å²) in [5.74, 6) is 1.91. The van der Waals surface area contributed by atoms with Gasteiger partial charge in [-0.25, -0.2) is 0 Å². The Morgan fingerprint density at radius 2 is 2.18 bits per heavy atom. The molecule has 0 aromatic rings. The highest BCUT2D eigenvalue weighted by Gasteiger charge is 2.32. The van der Waals surface area contributed by atoms with Crippen molar-refractivity contribution in [3.63, 3.8) is 0 Å². The minimum absolute atomic E-state index is 0.129. The molecule has 1 N–H and O–H groups in total. The van der Waals surface area contributed by atoms with E-state index in [2.05, 4.69) is 12.2 Å². The van der Waals surface area contributed by atoms with Crippen molar-refractivity contribution < 1.29 is 4.79 Å². The molecule has 2 atom stereocenters. The molecular formula is C9H17NO. The quantitative estimate of drug-likeness (QED) is 0.656. The zero-order valence-corrected chi connectivity index (χ0v) is 7.55. The van der Waals surface area contributed by atoms with Gasteiger partial charge in [-0.1, -0.05) is 20.8 Å². The smallest absolute Gasteiger partial charge is 0.222 e. The largest absolute Gasteiger partial charge is 0.356 e.